The molecule has 0 saturated heterocycles. The number of aromatic amines is 1. The third-order valence-electron chi connectivity index (χ3n) is 5.53. The average molecular weight is 360 g/mol. The predicted molar refractivity (Wildman–Crippen MR) is 109 cm³/mol. The molecule has 0 fully saturated rings. The summed E-state index contributed by atoms with van der Waals surface area (Å²) in [4.78, 5) is 28.2. The third kappa shape index (κ3) is 3.39. The first-order chi connectivity index (χ1) is 13.2. The molecule has 1 aliphatic carbocycles. The van der Waals surface area contributed by atoms with Gasteiger partial charge in [-0.2, -0.15) is 0 Å². The van der Waals surface area contributed by atoms with Crippen LogP contribution in [0.15, 0.2) is 53.3 Å². The highest BCUT2D eigenvalue weighted by atomic mass is 16.2. The number of carbonyl (C=O) groups is 1. The lowest BCUT2D eigenvalue weighted by molar-refractivity contribution is -0.117. The number of hydrogen-bond donors (Lipinski definition) is 2. The number of fused-ring (bicyclic) bond motifs is 3. The summed E-state index contributed by atoms with van der Waals surface area (Å²) < 4.78 is 0. The maximum absolute atomic E-state index is 12.8. The minimum absolute atomic E-state index is 0.0106. The van der Waals surface area contributed by atoms with Gasteiger partial charge in [0.05, 0.1) is 11.4 Å². The van der Waals surface area contributed by atoms with Gasteiger partial charge in [0.1, 0.15) is 0 Å². The summed E-state index contributed by atoms with van der Waals surface area (Å²) >= 11 is 0. The highest BCUT2D eigenvalue weighted by Gasteiger charge is 2.20. The molecular weight excluding hydrogens is 336 g/mol. The zero-order chi connectivity index (χ0) is 18.8. The number of carbonyl (C=O) groups excluding carboxylic acids is 1. The van der Waals surface area contributed by atoms with Crippen LogP contribution in [0, 0.1) is 0 Å². The lowest BCUT2D eigenvalue weighted by Gasteiger charge is -2.18. The molecule has 1 atom stereocenters. The van der Waals surface area contributed by atoms with Crippen molar-refractivity contribution in [1.29, 1.82) is 0 Å². The number of nitrogens with one attached hydrogen (secondary N) is 2. The zero-order valence-corrected chi connectivity index (χ0v) is 15.5. The van der Waals surface area contributed by atoms with E-state index in [2.05, 4.69) is 10.3 Å². The molecule has 2 aromatic carbocycles. The molecule has 4 rings (SSSR count). The predicted octanol–water partition coefficient (Wildman–Crippen LogP) is 4.54. The largest absolute Gasteiger partial charge is 0.325 e. The van der Waals surface area contributed by atoms with Gasteiger partial charge >= 0.3 is 0 Å². The Bertz CT molecular complexity index is 1040. The van der Waals surface area contributed by atoms with Crippen molar-refractivity contribution in [2.24, 2.45) is 0 Å². The minimum atomic E-state index is -0.190. The summed E-state index contributed by atoms with van der Waals surface area (Å²) in [6.07, 6.45) is 4.74. The Morgan fingerprint density at radius 1 is 1.07 bits per heavy atom. The van der Waals surface area contributed by atoms with E-state index in [4.69, 9.17) is 0 Å². The van der Waals surface area contributed by atoms with Gasteiger partial charge in [0.2, 0.25) is 5.91 Å². The Balaban J connectivity index is 1.64. The van der Waals surface area contributed by atoms with Crippen molar-refractivity contribution in [2.45, 2.75) is 44.9 Å². The zero-order valence-electron chi connectivity index (χ0n) is 15.5. The Morgan fingerprint density at radius 2 is 1.81 bits per heavy atom. The summed E-state index contributed by atoms with van der Waals surface area (Å²) in [6, 6.07) is 15.7. The molecule has 1 aliphatic rings. The number of pyridine rings is 1. The summed E-state index contributed by atoms with van der Waals surface area (Å²) in [7, 11) is 0. The highest BCUT2D eigenvalue weighted by molar-refractivity contribution is 5.98. The normalized spacial score (nSPS) is 14.6. The molecule has 4 heteroatoms. The first-order valence-corrected chi connectivity index (χ1v) is 9.71. The molecule has 0 spiro atoms. The molecule has 1 amide bonds. The van der Waals surface area contributed by atoms with Crippen LogP contribution in [0.2, 0.25) is 0 Å². The van der Waals surface area contributed by atoms with E-state index in [0.717, 1.165) is 54.1 Å². The van der Waals surface area contributed by atoms with Crippen molar-refractivity contribution in [1.82, 2.24) is 4.98 Å². The summed E-state index contributed by atoms with van der Waals surface area (Å²) in [5.41, 5.74) is 4.64. The van der Waals surface area contributed by atoms with Crippen LogP contribution < -0.4 is 10.9 Å². The molecule has 1 heterocycles. The van der Waals surface area contributed by atoms with E-state index in [1.807, 2.05) is 55.5 Å². The smallest absolute Gasteiger partial charge is 0.251 e. The third-order valence-corrected chi connectivity index (χ3v) is 5.53. The fourth-order valence-electron chi connectivity index (χ4n) is 4.13. The molecule has 2 N–H and O–H groups in total. The number of aryl methyl sites for hydroxylation is 1. The highest BCUT2D eigenvalue weighted by Crippen LogP contribution is 2.28. The molecule has 138 valence electrons. The lowest BCUT2D eigenvalue weighted by atomic mass is 9.90. The van der Waals surface area contributed by atoms with E-state index in [1.165, 1.54) is 5.56 Å². The molecule has 3 aromatic rings. The molecule has 27 heavy (non-hydrogen) atoms. The fraction of sp³-hybridized carbons (Fsp3) is 0.304. The van der Waals surface area contributed by atoms with Crippen LogP contribution in [-0.2, 0) is 17.6 Å². The first-order valence-electron chi connectivity index (χ1n) is 9.71. The van der Waals surface area contributed by atoms with Gasteiger partial charge in [-0.3, -0.25) is 9.59 Å². The molecule has 0 bridgehead atoms. The van der Waals surface area contributed by atoms with E-state index in [-0.39, 0.29) is 17.4 Å². The van der Waals surface area contributed by atoms with Gasteiger partial charge in [-0.1, -0.05) is 43.3 Å². The van der Waals surface area contributed by atoms with Crippen LogP contribution in [0.3, 0.4) is 0 Å². The van der Waals surface area contributed by atoms with Crippen molar-refractivity contribution >= 4 is 22.5 Å². The SMILES string of the molecule is CCC(C(=O)Nc1ccc2c3c(c(=O)[nH]c2c1)CCCC3)c1ccccc1. The standard InChI is InChI=1S/C23H24N2O2/c1-2-17(15-8-4-3-5-9-15)22(26)24-16-12-13-19-18-10-6-7-11-20(18)23(27)25-21(19)14-16/h3-5,8-9,12-14,17H,2,6-7,10-11H2,1H3,(H,24,26)(H,25,27). The number of benzene rings is 2. The molecule has 1 aromatic heterocycles. The fourth-order valence-corrected chi connectivity index (χ4v) is 4.13. The van der Waals surface area contributed by atoms with Gasteiger partial charge in [-0.25, -0.2) is 0 Å². The van der Waals surface area contributed by atoms with Crippen LogP contribution in [-0.4, -0.2) is 10.9 Å². The topological polar surface area (TPSA) is 62.0 Å². The molecule has 4 nitrogen and oxygen atoms in total. The monoisotopic (exact) mass is 360 g/mol. The van der Waals surface area contributed by atoms with Crippen molar-refractivity contribution in [3.05, 3.63) is 75.6 Å². The van der Waals surface area contributed by atoms with Crippen LogP contribution in [0.4, 0.5) is 5.69 Å². The minimum Gasteiger partial charge on any atom is -0.325 e. The number of anilines is 1. The van der Waals surface area contributed by atoms with Crippen LogP contribution >= 0.6 is 0 Å². The van der Waals surface area contributed by atoms with E-state index >= 15 is 0 Å². The van der Waals surface area contributed by atoms with Crippen molar-refractivity contribution in [3.63, 3.8) is 0 Å². The van der Waals surface area contributed by atoms with Gasteiger partial charge in [0.25, 0.3) is 5.56 Å². The Hall–Kier alpha value is -2.88. The van der Waals surface area contributed by atoms with Crippen LogP contribution in [0.1, 0.15) is 48.8 Å². The number of rotatable bonds is 4. The second-order valence-corrected chi connectivity index (χ2v) is 7.24. The quantitative estimate of drug-likeness (QED) is 0.717. The van der Waals surface area contributed by atoms with Crippen LogP contribution in [0.5, 0.6) is 0 Å². The van der Waals surface area contributed by atoms with Crippen molar-refractivity contribution < 1.29 is 4.79 Å². The van der Waals surface area contributed by atoms with E-state index < -0.39 is 0 Å². The number of aromatic nitrogens is 1. The van der Waals surface area contributed by atoms with E-state index in [9.17, 15) is 9.59 Å². The molecule has 0 saturated carbocycles. The lowest BCUT2D eigenvalue weighted by Crippen LogP contribution is -2.21. The molecular formula is C23H24N2O2. The van der Waals surface area contributed by atoms with Gasteiger partial charge < -0.3 is 10.3 Å². The van der Waals surface area contributed by atoms with Crippen molar-refractivity contribution in [2.75, 3.05) is 5.32 Å². The Morgan fingerprint density at radius 3 is 2.56 bits per heavy atom. The average Bonchev–Trinajstić information content (AvgIpc) is 2.69. The maximum atomic E-state index is 12.8. The Kier molecular flexibility index (Phi) is 4.80. The molecule has 0 aliphatic heterocycles. The Labute approximate surface area is 158 Å². The second-order valence-electron chi connectivity index (χ2n) is 7.24. The maximum Gasteiger partial charge on any atom is 0.251 e. The van der Waals surface area contributed by atoms with Gasteiger partial charge in [-0.15, -0.1) is 0 Å². The van der Waals surface area contributed by atoms with Gasteiger partial charge in [0.15, 0.2) is 0 Å². The molecule has 1 unspecified atom stereocenters. The van der Waals surface area contributed by atoms with Gasteiger partial charge in [-0.05, 0) is 55.4 Å². The van der Waals surface area contributed by atoms with Gasteiger partial charge in [0, 0.05) is 16.6 Å². The summed E-state index contributed by atoms with van der Waals surface area (Å²) in [5.74, 6) is -0.215. The number of H-pyrrole nitrogens is 1. The van der Waals surface area contributed by atoms with Crippen molar-refractivity contribution in [3.8, 4) is 0 Å². The first kappa shape index (κ1) is 17.5. The number of hydrogen-bond acceptors (Lipinski definition) is 2. The second kappa shape index (κ2) is 7.39. The summed E-state index contributed by atoms with van der Waals surface area (Å²) in [6.45, 7) is 2.02. The van der Waals surface area contributed by atoms with E-state index in [1.54, 1.807) is 0 Å². The van der Waals surface area contributed by atoms with Crippen LogP contribution in [0.25, 0.3) is 10.9 Å². The number of amides is 1. The summed E-state index contributed by atoms with van der Waals surface area (Å²) in [5, 5.41) is 4.12. The van der Waals surface area contributed by atoms with E-state index in [0.29, 0.717) is 5.69 Å². The molecule has 0 radical (unpaired) electrons.